The molecule has 1 amide bonds. The summed E-state index contributed by atoms with van der Waals surface area (Å²) in [4.78, 5) is 16.4. The average Bonchev–Trinajstić information content (AvgIpc) is 2.97. The van der Waals surface area contributed by atoms with Crippen molar-refractivity contribution in [2.75, 3.05) is 43.9 Å². The standard InChI is InChI=1S/C18H27N3O3S/c1-15(2)12-25(23,24)20-10-9-18(13-20)14-21(17(22)11-19(18)3)16-7-5-4-6-8-16/h4-8,15H,9-14H2,1-3H3/t18-/m1/s1. The highest BCUT2D eigenvalue weighted by Crippen LogP contribution is 2.34. The van der Waals surface area contributed by atoms with Gasteiger partial charge < -0.3 is 4.90 Å². The Balaban J connectivity index is 1.82. The minimum Gasteiger partial charge on any atom is -0.309 e. The molecular formula is C18H27N3O3S. The Morgan fingerprint density at radius 1 is 1.16 bits per heavy atom. The number of amides is 1. The van der Waals surface area contributed by atoms with Crippen molar-refractivity contribution in [1.82, 2.24) is 9.21 Å². The molecule has 1 aromatic carbocycles. The summed E-state index contributed by atoms with van der Waals surface area (Å²) in [5.41, 5.74) is 0.567. The lowest BCUT2D eigenvalue weighted by molar-refractivity contribution is -0.123. The number of rotatable bonds is 4. The van der Waals surface area contributed by atoms with E-state index in [1.165, 1.54) is 0 Å². The third-order valence-corrected chi connectivity index (χ3v) is 7.42. The van der Waals surface area contributed by atoms with Crippen LogP contribution in [-0.2, 0) is 14.8 Å². The quantitative estimate of drug-likeness (QED) is 0.809. The largest absolute Gasteiger partial charge is 0.309 e. The van der Waals surface area contributed by atoms with Gasteiger partial charge in [-0.25, -0.2) is 8.42 Å². The Kier molecular flexibility index (Phi) is 4.92. The molecule has 2 heterocycles. The van der Waals surface area contributed by atoms with Crippen LogP contribution in [0.5, 0.6) is 0 Å². The average molecular weight is 365 g/mol. The lowest BCUT2D eigenvalue weighted by Crippen LogP contribution is -2.64. The second kappa shape index (κ2) is 6.70. The molecule has 2 saturated heterocycles. The van der Waals surface area contributed by atoms with Crippen LogP contribution in [0.25, 0.3) is 0 Å². The Morgan fingerprint density at radius 3 is 2.48 bits per heavy atom. The monoisotopic (exact) mass is 365 g/mol. The van der Waals surface area contributed by atoms with Crippen LogP contribution in [0.2, 0.25) is 0 Å². The molecule has 1 atom stereocenters. The van der Waals surface area contributed by atoms with Gasteiger partial charge in [0, 0.05) is 25.3 Å². The van der Waals surface area contributed by atoms with Crippen molar-refractivity contribution in [2.24, 2.45) is 5.92 Å². The number of para-hydroxylation sites is 1. The van der Waals surface area contributed by atoms with Crippen molar-refractivity contribution in [3.63, 3.8) is 0 Å². The van der Waals surface area contributed by atoms with Gasteiger partial charge in [0.15, 0.2) is 0 Å². The molecule has 25 heavy (non-hydrogen) atoms. The van der Waals surface area contributed by atoms with Gasteiger partial charge in [0.05, 0.1) is 17.8 Å². The van der Waals surface area contributed by atoms with E-state index in [1.54, 1.807) is 9.21 Å². The number of carbonyl (C=O) groups excluding carboxylic acids is 1. The Hall–Kier alpha value is -1.44. The maximum Gasteiger partial charge on any atom is 0.241 e. The third kappa shape index (κ3) is 3.59. The van der Waals surface area contributed by atoms with Gasteiger partial charge in [-0.3, -0.25) is 9.69 Å². The van der Waals surface area contributed by atoms with Gasteiger partial charge in [-0.2, -0.15) is 4.31 Å². The van der Waals surface area contributed by atoms with Crippen LogP contribution in [0.4, 0.5) is 5.69 Å². The summed E-state index contributed by atoms with van der Waals surface area (Å²) in [6.07, 6.45) is 0.747. The predicted octanol–water partition coefficient (Wildman–Crippen LogP) is 1.40. The number of hydrogen-bond donors (Lipinski definition) is 0. The molecule has 0 bridgehead atoms. The Morgan fingerprint density at radius 2 is 1.84 bits per heavy atom. The van der Waals surface area contributed by atoms with E-state index in [-0.39, 0.29) is 23.1 Å². The van der Waals surface area contributed by atoms with E-state index < -0.39 is 10.0 Å². The molecule has 3 rings (SSSR count). The highest BCUT2D eigenvalue weighted by Gasteiger charge is 2.50. The lowest BCUT2D eigenvalue weighted by Gasteiger charge is -2.46. The number of piperazine rings is 1. The van der Waals surface area contributed by atoms with Crippen LogP contribution in [0.3, 0.4) is 0 Å². The van der Waals surface area contributed by atoms with E-state index in [4.69, 9.17) is 0 Å². The van der Waals surface area contributed by atoms with E-state index in [0.717, 1.165) is 12.1 Å². The molecule has 2 aliphatic heterocycles. The van der Waals surface area contributed by atoms with Gasteiger partial charge in [0.2, 0.25) is 15.9 Å². The molecule has 0 N–H and O–H groups in total. The summed E-state index contributed by atoms with van der Waals surface area (Å²) < 4.78 is 26.9. The van der Waals surface area contributed by atoms with E-state index in [1.807, 2.05) is 56.1 Å². The van der Waals surface area contributed by atoms with E-state index in [0.29, 0.717) is 26.2 Å². The van der Waals surface area contributed by atoms with Crippen LogP contribution in [0, 0.1) is 5.92 Å². The topological polar surface area (TPSA) is 60.9 Å². The molecule has 1 spiro atoms. The number of sulfonamides is 1. The summed E-state index contributed by atoms with van der Waals surface area (Å²) >= 11 is 0. The van der Waals surface area contributed by atoms with Crippen molar-refractivity contribution < 1.29 is 13.2 Å². The molecule has 0 aromatic heterocycles. The number of nitrogens with zero attached hydrogens (tertiary/aromatic N) is 3. The minimum absolute atomic E-state index is 0.0582. The molecule has 138 valence electrons. The first-order valence-electron chi connectivity index (χ1n) is 8.78. The zero-order chi connectivity index (χ0) is 18.2. The maximum atomic E-state index is 12.6. The number of carbonyl (C=O) groups is 1. The van der Waals surface area contributed by atoms with Crippen molar-refractivity contribution in [3.05, 3.63) is 30.3 Å². The second-order valence-corrected chi connectivity index (χ2v) is 9.67. The highest BCUT2D eigenvalue weighted by atomic mass is 32.2. The fraction of sp³-hybridized carbons (Fsp3) is 0.611. The van der Waals surface area contributed by atoms with Crippen molar-refractivity contribution in [3.8, 4) is 0 Å². The number of likely N-dealkylation sites (N-methyl/N-ethyl adjacent to an activating group) is 1. The minimum atomic E-state index is -3.25. The molecule has 2 fully saturated rings. The molecule has 2 aliphatic rings. The first-order chi connectivity index (χ1) is 11.7. The highest BCUT2D eigenvalue weighted by molar-refractivity contribution is 7.89. The summed E-state index contributed by atoms with van der Waals surface area (Å²) in [5, 5.41) is 0. The van der Waals surface area contributed by atoms with Crippen LogP contribution >= 0.6 is 0 Å². The Labute approximate surface area is 150 Å². The Bertz CT molecular complexity index is 735. The van der Waals surface area contributed by atoms with Crippen LogP contribution in [0.1, 0.15) is 20.3 Å². The molecule has 6 nitrogen and oxygen atoms in total. The maximum absolute atomic E-state index is 12.6. The molecule has 0 saturated carbocycles. The summed E-state index contributed by atoms with van der Waals surface area (Å²) in [6, 6.07) is 9.62. The first-order valence-corrected chi connectivity index (χ1v) is 10.4. The summed E-state index contributed by atoms with van der Waals surface area (Å²) in [7, 11) is -1.32. The normalized spacial score (nSPS) is 26.1. The van der Waals surface area contributed by atoms with Gasteiger partial charge in [-0.15, -0.1) is 0 Å². The fourth-order valence-electron chi connectivity index (χ4n) is 3.83. The second-order valence-electron chi connectivity index (χ2n) is 7.65. The molecule has 0 unspecified atom stereocenters. The van der Waals surface area contributed by atoms with Gasteiger partial charge in [-0.05, 0) is 31.5 Å². The van der Waals surface area contributed by atoms with Gasteiger partial charge >= 0.3 is 0 Å². The zero-order valence-corrected chi connectivity index (χ0v) is 16.0. The fourth-order valence-corrected chi connectivity index (χ4v) is 5.69. The van der Waals surface area contributed by atoms with Crippen LogP contribution in [-0.4, -0.2) is 68.0 Å². The number of hydrogen-bond acceptors (Lipinski definition) is 4. The van der Waals surface area contributed by atoms with Crippen LogP contribution in [0.15, 0.2) is 30.3 Å². The van der Waals surface area contributed by atoms with Crippen molar-refractivity contribution in [2.45, 2.75) is 25.8 Å². The molecule has 1 aromatic rings. The van der Waals surface area contributed by atoms with Gasteiger partial charge in [-0.1, -0.05) is 32.0 Å². The molecule has 7 heteroatoms. The SMILES string of the molecule is CC(C)CS(=O)(=O)N1CC[C@]2(CN(c3ccccc3)C(=O)CN2C)C1. The van der Waals surface area contributed by atoms with E-state index in [9.17, 15) is 13.2 Å². The summed E-state index contributed by atoms with van der Waals surface area (Å²) in [6.45, 7) is 5.66. The number of benzene rings is 1. The van der Waals surface area contributed by atoms with Gasteiger partial charge in [0.1, 0.15) is 0 Å². The van der Waals surface area contributed by atoms with Crippen molar-refractivity contribution >= 4 is 21.6 Å². The molecular weight excluding hydrogens is 338 g/mol. The molecule has 0 aliphatic carbocycles. The summed E-state index contributed by atoms with van der Waals surface area (Å²) in [5.74, 6) is 0.338. The lowest BCUT2D eigenvalue weighted by atomic mass is 9.92. The molecule has 0 radical (unpaired) electrons. The van der Waals surface area contributed by atoms with Crippen molar-refractivity contribution in [1.29, 1.82) is 0 Å². The smallest absolute Gasteiger partial charge is 0.241 e. The van der Waals surface area contributed by atoms with Crippen LogP contribution < -0.4 is 4.90 Å². The zero-order valence-electron chi connectivity index (χ0n) is 15.2. The first kappa shape index (κ1) is 18.4. The third-order valence-electron chi connectivity index (χ3n) is 5.24. The van der Waals surface area contributed by atoms with E-state index >= 15 is 0 Å². The predicted molar refractivity (Wildman–Crippen MR) is 99.0 cm³/mol. The van der Waals surface area contributed by atoms with E-state index in [2.05, 4.69) is 0 Å². The van der Waals surface area contributed by atoms with Gasteiger partial charge in [0.25, 0.3) is 0 Å². The number of anilines is 1.